The fourth-order valence-electron chi connectivity index (χ4n) is 2.38. The van der Waals surface area contributed by atoms with Gasteiger partial charge in [0.15, 0.2) is 0 Å². The Hall–Kier alpha value is -2.15. The molecule has 1 heterocycles. The van der Waals surface area contributed by atoms with E-state index in [4.69, 9.17) is 0 Å². The van der Waals surface area contributed by atoms with E-state index in [1.165, 1.54) is 12.1 Å². The van der Waals surface area contributed by atoms with Gasteiger partial charge in [0.2, 0.25) is 0 Å². The Kier molecular flexibility index (Phi) is 5.54. The molecule has 0 bridgehead atoms. The molecule has 0 aliphatic rings. The van der Waals surface area contributed by atoms with Crippen molar-refractivity contribution in [1.29, 1.82) is 0 Å². The van der Waals surface area contributed by atoms with E-state index in [2.05, 4.69) is 15.0 Å². The van der Waals surface area contributed by atoms with Crippen molar-refractivity contribution in [2.45, 2.75) is 33.0 Å². The number of aromatic nitrogens is 1. The Balaban J connectivity index is 2.09. The van der Waals surface area contributed by atoms with Gasteiger partial charge in [-0.2, -0.15) is 8.78 Å². The van der Waals surface area contributed by atoms with Gasteiger partial charge in [0.25, 0.3) is 5.91 Å². The highest BCUT2D eigenvalue weighted by atomic mass is 19.3. The number of amides is 1. The highest BCUT2D eigenvalue weighted by Gasteiger charge is 2.15. The quantitative estimate of drug-likeness (QED) is 0.732. The maximum Gasteiger partial charge on any atom is 0.387 e. The van der Waals surface area contributed by atoms with Crippen molar-refractivity contribution in [3.05, 3.63) is 30.0 Å². The molecule has 1 unspecified atom stereocenters. The third-order valence-corrected chi connectivity index (χ3v) is 3.33. The van der Waals surface area contributed by atoms with E-state index in [0.717, 1.165) is 0 Å². The van der Waals surface area contributed by atoms with Crippen molar-refractivity contribution in [1.82, 2.24) is 10.3 Å². The van der Waals surface area contributed by atoms with Gasteiger partial charge in [-0.3, -0.25) is 4.79 Å². The summed E-state index contributed by atoms with van der Waals surface area (Å²) in [6, 6.07) is 6.09. The number of benzene rings is 1. The number of fused-ring (bicyclic) bond motifs is 1. The summed E-state index contributed by atoms with van der Waals surface area (Å²) in [6.07, 6.45) is -0.0413. The Morgan fingerprint density at radius 1 is 1.39 bits per heavy atom. The second-order valence-corrected chi connectivity index (χ2v) is 5.77. The maximum atomic E-state index is 12.4. The molecule has 0 saturated heterocycles. The number of halogens is 2. The molecule has 1 aromatic heterocycles. The fraction of sp³-hybridized carbons (Fsp3) is 0.438. The number of rotatable bonds is 7. The minimum Gasteiger partial charge on any atom is -0.434 e. The monoisotopic (exact) mass is 326 g/mol. The van der Waals surface area contributed by atoms with Crippen molar-refractivity contribution >= 4 is 16.8 Å². The summed E-state index contributed by atoms with van der Waals surface area (Å²) in [4.78, 5) is 15.0. The van der Waals surface area contributed by atoms with E-state index < -0.39 is 18.6 Å². The van der Waals surface area contributed by atoms with Crippen molar-refractivity contribution in [2.24, 2.45) is 5.92 Å². The van der Waals surface area contributed by atoms with Gasteiger partial charge in [-0.1, -0.05) is 19.9 Å². The van der Waals surface area contributed by atoms with Crippen LogP contribution < -0.4 is 10.1 Å². The topological polar surface area (TPSA) is 74.3 Å². The van der Waals surface area contributed by atoms with Crippen LogP contribution in [0.25, 0.3) is 10.9 Å². The number of H-pyrrole nitrogens is 1. The molecule has 0 aliphatic heterocycles. The number of hydrogen-bond acceptors (Lipinski definition) is 3. The van der Waals surface area contributed by atoms with E-state index in [1.54, 1.807) is 12.1 Å². The minimum atomic E-state index is -2.93. The minimum absolute atomic E-state index is 0.00708. The van der Waals surface area contributed by atoms with Gasteiger partial charge in [0.05, 0.1) is 6.10 Å². The summed E-state index contributed by atoms with van der Waals surface area (Å²) in [5.41, 5.74) is 0.748. The lowest BCUT2D eigenvalue weighted by molar-refractivity contribution is -0.0487. The third kappa shape index (κ3) is 4.66. The molecule has 2 aromatic rings. The van der Waals surface area contributed by atoms with Crippen LogP contribution in [-0.4, -0.2) is 35.3 Å². The SMILES string of the molecule is CC(C)CC(O)CNC(=O)c1cc2c(OC(F)F)cccc2[nH]1. The molecular weight excluding hydrogens is 306 g/mol. The van der Waals surface area contributed by atoms with Crippen molar-refractivity contribution in [3.8, 4) is 5.75 Å². The Morgan fingerprint density at radius 2 is 2.13 bits per heavy atom. The van der Waals surface area contributed by atoms with Crippen LogP contribution in [0.5, 0.6) is 5.75 Å². The van der Waals surface area contributed by atoms with Gasteiger partial charge in [0, 0.05) is 17.4 Å². The summed E-state index contributed by atoms with van der Waals surface area (Å²) in [6.45, 7) is 1.16. The average molecular weight is 326 g/mol. The van der Waals surface area contributed by atoms with Crippen molar-refractivity contribution in [2.75, 3.05) is 6.54 Å². The van der Waals surface area contributed by atoms with Crippen molar-refractivity contribution < 1.29 is 23.4 Å². The molecule has 23 heavy (non-hydrogen) atoms. The van der Waals surface area contributed by atoms with E-state index in [0.29, 0.717) is 23.2 Å². The van der Waals surface area contributed by atoms with Gasteiger partial charge in [0.1, 0.15) is 11.4 Å². The van der Waals surface area contributed by atoms with Crippen LogP contribution in [0.1, 0.15) is 30.8 Å². The van der Waals surface area contributed by atoms with Gasteiger partial charge in [-0.15, -0.1) is 0 Å². The van der Waals surface area contributed by atoms with Gasteiger partial charge >= 0.3 is 6.61 Å². The molecule has 2 rings (SSSR count). The number of nitrogens with one attached hydrogen (secondary N) is 2. The van der Waals surface area contributed by atoms with E-state index >= 15 is 0 Å². The predicted octanol–water partition coefficient (Wildman–Crippen LogP) is 2.91. The first-order chi connectivity index (χ1) is 10.9. The van der Waals surface area contributed by atoms with Crippen LogP contribution in [0.4, 0.5) is 8.78 Å². The summed E-state index contributed by atoms with van der Waals surface area (Å²) in [7, 11) is 0. The summed E-state index contributed by atoms with van der Waals surface area (Å²) in [5, 5.41) is 12.8. The highest BCUT2D eigenvalue weighted by molar-refractivity contribution is 5.99. The Labute approximate surface area is 132 Å². The zero-order valence-corrected chi connectivity index (χ0v) is 13.0. The third-order valence-electron chi connectivity index (χ3n) is 3.33. The Morgan fingerprint density at radius 3 is 2.78 bits per heavy atom. The van der Waals surface area contributed by atoms with Crippen LogP contribution in [-0.2, 0) is 0 Å². The molecule has 1 amide bonds. The van der Waals surface area contributed by atoms with Crippen LogP contribution in [0.15, 0.2) is 24.3 Å². The largest absolute Gasteiger partial charge is 0.434 e. The van der Waals surface area contributed by atoms with E-state index in [1.807, 2.05) is 13.8 Å². The van der Waals surface area contributed by atoms with Crippen LogP contribution in [0.3, 0.4) is 0 Å². The molecule has 5 nitrogen and oxygen atoms in total. The number of aromatic amines is 1. The van der Waals surface area contributed by atoms with E-state index in [-0.39, 0.29) is 18.0 Å². The maximum absolute atomic E-state index is 12.4. The normalized spacial score (nSPS) is 12.8. The lowest BCUT2D eigenvalue weighted by atomic mass is 10.1. The number of carbonyl (C=O) groups excluding carboxylic acids is 1. The van der Waals surface area contributed by atoms with Crippen LogP contribution in [0.2, 0.25) is 0 Å². The summed E-state index contributed by atoms with van der Waals surface area (Å²) in [5.74, 6) is -0.0799. The number of aliphatic hydroxyl groups excluding tert-OH is 1. The molecule has 0 aliphatic carbocycles. The zero-order chi connectivity index (χ0) is 17.0. The first kappa shape index (κ1) is 17.2. The molecule has 1 atom stereocenters. The highest BCUT2D eigenvalue weighted by Crippen LogP contribution is 2.27. The first-order valence-corrected chi connectivity index (χ1v) is 7.39. The smallest absolute Gasteiger partial charge is 0.387 e. The first-order valence-electron chi connectivity index (χ1n) is 7.39. The molecule has 0 fully saturated rings. The molecule has 0 spiro atoms. The molecule has 3 N–H and O–H groups in total. The number of hydrogen-bond donors (Lipinski definition) is 3. The van der Waals surface area contributed by atoms with Gasteiger partial charge in [-0.25, -0.2) is 0 Å². The van der Waals surface area contributed by atoms with Crippen LogP contribution >= 0.6 is 0 Å². The van der Waals surface area contributed by atoms with E-state index in [9.17, 15) is 18.7 Å². The molecule has 1 aromatic carbocycles. The number of ether oxygens (including phenoxy) is 1. The molecule has 126 valence electrons. The average Bonchev–Trinajstić information content (AvgIpc) is 2.88. The molecular formula is C16H20F2N2O3. The van der Waals surface area contributed by atoms with Gasteiger partial charge in [-0.05, 0) is 30.5 Å². The standard InChI is InChI=1S/C16H20F2N2O3/c1-9(2)6-10(21)8-19-15(22)13-7-11-12(20-13)4-3-5-14(11)23-16(17)18/h3-5,7,9-10,16,20-21H,6,8H2,1-2H3,(H,19,22). The second kappa shape index (κ2) is 7.41. The molecule has 0 saturated carbocycles. The number of carbonyl (C=O) groups is 1. The Bertz CT molecular complexity index is 670. The summed E-state index contributed by atoms with van der Waals surface area (Å²) >= 11 is 0. The lowest BCUT2D eigenvalue weighted by Crippen LogP contribution is -2.32. The zero-order valence-electron chi connectivity index (χ0n) is 13.0. The van der Waals surface area contributed by atoms with Crippen molar-refractivity contribution in [3.63, 3.8) is 0 Å². The molecule has 0 radical (unpaired) electrons. The van der Waals surface area contributed by atoms with Gasteiger partial charge < -0.3 is 20.1 Å². The number of aliphatic hydroxyl groups is 1. The fourth-order valence-corrected chi connectivity index (χ4v) is 2.38. The van der Waals surface area contributed by atoms with Crippen LogP contribution in [0, 0.1) is 5.92 Å². The predicted molar refractivity (Wildman–Crippen MR) is 82.7 cm³/mol. The lowest BCUT2D eigenvalue weighted by Gasteiger charge is -2.13. The number of alkyl halides is 2. The second-order valence-electron chi connectivity index (χ2n) is 5.77. The summed E-state index contributed by atoms with van der Waals surface area (Å²) < 4.78 is 29.2. The molecule has 7 heteroatoms.